The molecule has 1 saturated heterocycles. The highest BCUT2D eigenvalue weighted by Crippen LogP contribution is 2.30. The summed E-state index contributed by atoms with van der Waals surface area (Å²) in [5.41, 5.74) is 1.10. The van der Waals surface area contributed by atoms with Crippen LogP contribution in [0.4, 0.5) is 4.39 Å². The summed E-state index contributed by atoms with van der Waals surface area (Å²) in [5.74, 6) is 1.43. The van der Waals surface area contributed by atoms with E-state index in [1.807, 2.05) is 0 Å². The van der Waals surface area contributed by atoms with Crippen molar-refractivity contribution >= 4 is 5.78 Å². The van der Waals surface area contributed by atoms with Gasteiger partial charge in [-0.3, -0.25) is 9.69 Å². The second-order valence-electron chi connectivity index (χ2n) is 8.45. The summed E-state index contributed by atoms with van der Waals surface area (Å²) in [7, 11) is 1.51. The standard InChI is InChI=1S/C25H28FN3O5/c1-16(30)17-8-9-22(23(12-17)32-2)33-15-21(31)14-29-10-4-6-19(13-29)25-27-24(28-34-25)18-5-3-7-20(26)11-18/h3,5,7-9,11-12,19,21,31H,4,6,10,13-15H2,1-2H3. The van der Waals surface area contributed by atoms with Crippen LogP contribution in [0, 0.1) is 5.82 Å². The molecule has 1 N–H and O–H groups in total. The monoisotopic (exact) mass is 469 g/mol. The SMILES string of the molecule is COc1cc(C(C)=O)ccc1OCC(O)CN1CCCC(c2nc(-c3cccc(F)c3)no2)C1. The second kappa shape index (κ2) is 10.8. The molecule has 2 heterocycles. The van der Waals surface area contributed by atoms with Crippen molar-refractivity contribution in [3.8, 4) is 22.9 Å². The summed E-state index contributed by atoms with van der Waals surface area (Å²) in [4.78, 5) is 18.2. The van der Waals surface area contributed by atoms with Crippen LogP contribution in [0.5, 0.6) is 11.5 Å². The van der Waals surface area contributed by atoms with E-state index in [-0.39, 0.29) is 24.1 Å². The van der Waals surface area contributed by atoms with E-state index in [1.165, 1.54) is 26.2 Å². The number of nitrogens with zero attached hydrogens (tertiary/aromatic N) is 3. The molecular weight excluding hydrogens is 441 g/mol. The number of Topliss-reactive ketones (excluding diaryl/α,β-unsaturated/α-hetero) is 1. The van der Waals surface area contributed by atoms with Gasteiger partial charge in [-0.05, 0) is 56.6 Å². The molecule has 2 aromatic carbocycles. The topological polar surface area (TPSA) is 97.9 Å². The van der Waals surface area contributed by atoms with Crippen molar-refractivity contribution in [2.24, 2.45) is 0 Å². The van der Waals surface area contributed by atoms with E-state index in [4.69, 9.17) is 14.0 Å². The number of benzene rings is 2. The van der Waals surface area contributed by atoms with E-state index in [9.17, 15) is 14.3 Å². The number of aromatic nitrogens is 2. The molecule has 0 bridgehead atoms. The van der Waals surface area contributed by atoms with Gasteiger partial charge in [0.2, 0.25) is 11.7 Å². The molecule has 9 heteroatoms. The van der Waals surface area contributed by atoms with Crippen molar-refractivity contribution in [1.82, 2.24) is 15.0 Å². The third-order valence-corrected chi connectivity index (χ3v) is 5.85. The molecule has 0 spiro atoms. The first-order valence-corrected chi connectivity index (χ1v) is 11.2. The summed E-state index contributed by atoms with van der Waals surface area (Å²) in [6.07, 6.45) is 1.10. The van der Waals surface area contributed by atoms with Crippen LogP contribution in [0.25, 0.3) is 11.4 Å². The summed E-state index contributed by atoms with van der Waals surface area (Å²) in [6.45, 7) is 3.51. The van der Waals surface area contributed by atoms with Crippen molar-refractivity contribution < 1.29 is 28.3 Å². The molecule has 4 rings (SSSR count). The highest BCUT2D eigenvalue weighted by molar-refractivity contribution is 5.94. The molecule has 8 nitrogen and oxygen atoms in total. The highest BCUT2D eigenvalue weighted by atomic mass is 19.1. The van der Waals surface area contributed by atoms with E-state index in [0.29, 0.717) is 47.4 Å². The maximum atomic E-state index is 13.5. The van der Waals surface area contributed by atoms with E-state index >= 15 is 0 Å². The maximum Gasteiger partial charge on any atom is 0.231 e. The van der Waals surface area contributed by atoms with Crippen LogP contribution >= 0.6 is 0 Å². The summed E-state index contributed by atoms with van der Waals surface area (Å²) in [6, 6.07) is 11.1. The van der Waals surface area contributed by atoms with Crippen molar-refractivity contribution in [3.05, 3.63) is 59.7 Å². The Bertz CT molecular complexity index is 1140. The van der Waals surface area contributed by atoms with Gasteiger partial charge >= 0.3 is 0 Å². The average Bonchev–Trinajstić information content (AvgIpc) is 3.33. The van der Waals surface area contributed by atoms with Crippen molar-refractivity contribution in [2.45, 2.75) is 31.8 Å². The average molecular weight is 470 g/mol. The molecule has 0 radical (unpaired) electrons. The van der Waals surface area contributed by atoms with Gasteiger partial charge in [-0.15, -0.1) is 0 Å². The first kappa shape index (κ1) is 23.8. The molecule has 1 aliphatic heterocycles. The van der Waals surface area contributed by atoms with Gasteiger partial charge in [-0.1, -0.05) is 17.3 Å². The number of carbonyl (C=O) groups is 1. The Hall–Kier alpha value is -3.30. The number of aliphatic hydroxyl groups excluding tert-OH is 1. The number of likely N-dealkylation sites (tertiary alicyclic amines) is 1. The molecule has 3 aromatic rings. The van der Waals surface area contributed by atoms with Crippen LogP contribution in [-0.2, 0) is 0 Å². The highest BCUT2D eigenvalue weighted by Gasteiger charge is 2.27. The molecule has 1 aliphatic rings. The fourth-order valence-corrected chi connectivity index (χ4v) is 4.11. The van der Waals surface area contributed by atoms with Crippen LogP contribution in [0.2, 0.25) is 0 Å². The molecule has 180 valence electrons. The van der Waals surface area contributed by atoms with Crippen LogP contribution in [0.15, 0.2) is 47.0 Å². The van der Waals surface area contributed by atoms with Gasteiger partial charge in [0.15, 0.2) is 17.3 Å². The number of halogens is 1. The summed E-state index contributed by atoms with van der Waals surface area (Å²) >= 11 is 0. The number of hydrogen-bond acceptors (Lipinski definition) is 8. The van der Waals surface area contributed by atoms with Crippen molar-refractivity contribution in [2.75, 3.05) is 33.4 Å². The number of piperidine rings is 1. The number of ketones is 1. The van der Waals surface area contributed by atoms with Gasteiger partial charge in [0.25, 0.3) is 0 Å². The van der Waals surface area contributed by atoms with Gasteiger partial charge < -0.3 is 19.1 Å². The molecule has 1 aromatic heterocycles. The minimum atomic E-state index is -0.721. The van der Waals surface area contributed by atoms with E-state index in [1.54, 1.807) is 30.3 Å². The molecular formula is C25H28FN3O5. The number of methoxy groups -OCH3 is 1. The number of ether oxygens (including phenoxy) is 2. The zero-order chi connectivity index (χ0) is 24.1. The molecule has 1 fully saturated rings. The van der Waals surface area contributed by atoms with Crippen LogP contribution in [0.3, 0.4) is 0 Å². The van der Waals surface area contributed by atoms with Crippen molar-refractivity contribution in [3.63, 3.8) is 0 Å². The molecule has 0 aliphatic carbocycles. The van der Waals surface area contributed by atoms with Crippen LogP contribution < -0.4 is 9.47 Å². The number of rotatable bonds is 9. The Balaban J connectivity index is 1.32. The first-order chi connectivity index (χ1) is 16.4. The van der Waals surface area contributed by atoms with E-state index in [0.717, 1.165) is 19.4 Å². The molecule has 0 saturated carbocycles. The second-order valence-corrected chi connectivity index (χ2v) is 8.45. The Morgan fingerprint density at radius 2 is 2.15 bits per heavy atom. The lowest BCUT2D eigenvalue weighted by atomic mass is 9.97. The summed E-state index contributed by atoms with van der Waals surface area (Å²) < 4.78 is 30.0. The number of carbonyl (C=O) groups excluding carboxylic acids is 1. The lowest BCUT2D eigenvalue weighted by molar-refractivity contribution is 0.0553. The minimum absolute atomic E-state index is 0.0379. The Kier molecular flexibility index (Phi) is 7.54. The minimum Gasteiger partial charge on any atom is -0.493 e. The third kappa shape index (κ3) is 5.78. The predicted molar refractivity (Wildman–Crippen MR) is 123 cm³/mol. The lowest BCUT2D eigenvalue weighted by Gasteiger charge is -2.32. The fourth-order valence-electron chi connectivity index (χ4n) is 4.11. The van der Waals surface area contributed by atoms with Gasteiger partial charge in [0, 0.05) is 24.2 Å². The Morgan fingerprint density at radius 3 is 2.91 bits per heavy atom. The van der Waals surface area contributed by atoms with Gasteiger partial charge in [-0.25, -0.2) is 4.39 Å². The molecule has 2 unspecified atom stereocenters. The molecule has 2 atom stereocenters. The number of hydrogen-bond donors (Lipinski definition) is 1. The largest absolute Gasteiger partial charge is 0.493 e. The van der Waals surface area contributed by atoms with Crippen LogP contribution in [0.1, 0.15) is 41.9 Å². The molecule has 0 amide bonds. The normalized spacial score (nSPS) is 17.4. The lowest BCUT2D eigenvalue weighted by Crippen LogP contribution is -2.41. The van der Waals surface area contributed by atoms with E-state index < -0.39 is 6.10 Å². The quantitative estimate of drug-likeness (QED) is 0.474. The fraction of sp³-hybridized carbons (Fsp3) is 0.400. The Morgan fingerprint density at radius 1 is 1.29 bits per heavy atom. The zero-order valence-corrected chi connectivity index (χ0v) is 19.2. The Labute approximate surface area is 197 Å². The number of aliphatic hydroxyl groups is 1. The first-order valence-electron chi connectivity index (χ1n) is 11.2. The number of β-amino-alcohol motifs (C(OH)–C–C–N with tert-alkyl or cyclic N) is 1. The van der Waals surface area contributed by atoms with Gasteiger partial charge in [-0.2, -0.15) is 4.98 Å². The van der Waals surface area contributed by atoms with Gasteiger partial charge in [0.1, 0.15) is 18.5 Å². The van der Waals surface area contributed by atoms with Crippen molar-refractivity contribution in [1.29, 1.82) is 0 Å². The van der Waals surface area contributed by atoms with Crippen LogP contribution in [-0.4, -0.2) is 65.4 Å². The van der Waals surface area contributed by atoms with Gasteiger partial charge in [0.05, 0.1) is 13.0 Å². The smallest absolute Gasteiger partial charge is 0.231 e. The molecule has 34 heavy (non-hydrogen) atoms. The predicted octanol–water partition coefficient (Wildman–Crippen LogP) is 3.71. The maximum absolute atomic E-state index is 13.5. The van der Waals surface area contributed by atoms with E-state index in [2.05, 4.69) is 15.0 Å². The zero-order valence-electron chi connectivity index (χ0n) is 19.2. The summed E-state index contributed by atoms with van der Waals surface area (Å²) in [5, 5.41) is 14.6. The third-order valence-electron chi connectivity index (χ3n) is 5.85.